The maximum Gasteiger partial charge on any atom is 0.337 e. The van der Waals surface area contributed by atoms with Crippen molar-refractivity contribution in [2.24, 2.45) is 4.99 Å². The Hall–Kier alpha value is -1.97. The van der Waals surface area contributed by atoms with Gasteiger partial charge in [-0.15, -0.1) is 0 Å². The van der Waals surface area contributed by atoms with Crippen LogP contribution in [0.15, 0.2) is 35.3 Å². The maximum absolute atomic E-state index is 11.8. The lowest BCUT2D eigenvalue weighted by molar-refractivity contribution is -0.142. The Morgan fingerprint density at radius 1 is 1.31 bits per heavy atom. The number of benzene rings is 1. The van der Waals surface area contributed by atoms with Crippen molar-refractivity contribution >= 4 is 17.5 Å². The summed E-state index contributed by atoms with van der Waals surface area (Å²) in [6, 6.07) is 8.10. The number of ether oxygens (including phenoxy) is 1. The fraction of sp³-hybridized carbons (Fsp3) is 0.250. The first-order chi connectivity index (χ1) is 7.74. The fourth-order valence-electron chi connectivity index (χ4n) is 1.41. The zero-order chi connectivity index (χ0) is 11.5. The van der Waals surface area contributed by atoms with Crippen LogP contribution in [0.4, 0.5) is 0 Å². The van der Waals surface area contributed by atoms with E-state index in [-0.39, 0.29) is 5.78 Å². The summed E-state index contributed by atoms with van der Waals surface area (Å²) in [6.07, 6.45) is 0. The minimum absolute atomic E-state index is 0.196. The number of Topliss-reactive ketones (excluding diaryl/α,β-unsaturated/α-hetero) is 1. The molecule has 0 amide bonds. The summed E-state index contributed by atoms with van der Waals surface area (Å²) >= 11 is 0. The van der Waals surface area contributed by atoms with Crippen molar-refractivity contribution in [3.05, 3.63) is 35.9 Å². The van der Waals surface area contributed by atoms with Gasteiger partial charge in [0.1, 0.15) is 5.71 Å². The van der Waals surface area contributed by atoms with E-state index >= 15 is 0 Å². The number of hydrogen-bond acceptors (Lipinski definition) is 4. The monoisotopic (exact) mass is 217 g/mol. The third kappa shape index (κ3) is 2.00. The topological polar surface area (TPSA) is 55.7 Å². The van der Waals surface area contributed by atoms with Crippen LogP contribution in [0, 0.1) is 0 Å². The highest BCUT2D eigenvalue weighted by molar-refractivity contribution is 6.55. The molecule has 1 heterocycles. The maximum atomic E-state index is 11.8. The molecule has 1 atom stereocenters. The van der Waals surface area contributed by atoms with Crippen molar-refractivity contribution in [3.63, 3.8) is 0 Å². The average molecular weight is 217 g/mol. The Kier molecular flexibility index (Phi) is 2.81. The fourth-order valence-corrected chi connectivity index (χ4v) is 1.41. The molecule has 1 aromatic carbocycles. The SMILES string of the molecule is CCOC(=O)[C@H]1N=C1C(=O)c1ccccc1. The molecule has 0 spiro atoms. The van der Waals surface area contributed by atoms with E-state index in [9.17, 15) is 9.59 Å². The standard InChI is InChI=1S/C12H11NO3/c1-2-16-12(15)10-9(13-10)11(14)8-6-4-3-5-7-8/h3-7,10H,2H2,1H3/t10-/m0/s1. The molecule has 0 bridgehead atoms. The van der Waals surface area contributed by atoms with E-state index in [1.54, 1.807) is 31.2 Å². The lowest BCUT2D eigenvalue weighted by atomic mass is 10.1. The highest BCUT2D eigenvalue weighted by Crippen LogP contribution is 2.18. The van der Waals surface area contributed by atoms with Gasteiger partial charge in [0, 0.05) is 5.56 Å². The number of rotatable bonds is 4. The number of esters is 1. The lowest BCUT2D eigenvalue weighted by Crippen LogP contribution is -2.21. The van der Waals surface area contributed by atoms with Gasteiger partial charge in [-0.05, 0) is 6.92 Å². The molecule has 82 valence electrons. The predicted octanol–water partition coefficient (Wildman–Crippen LogP) is 1.26. The first kappa shape index (κ1) is 10.5. The zero-order valence-corrected chi connectivity index (χ0v) is 8.84. The second-order valence-electron chi connectivity index (χ2n) is 3.36. The largest absolute Gasteiger partial charge is 0.464 e. The number of nitrogens with zero attached hydrogens (tertiary/aromatic N) is 1. The van der Waals surface area contributed by atoms with E-state index in [2.05, 4.69) is 4.99 Å². The Balaban J connectivity index is 2.00. The quantitative estimate of drug-likeness (QED) is 0.563. The third-order valence-corrected chi connectivity index (χ3v) is 2.24. The Bertz CT molecular complexity index is 451. The number of ketones is 1. The van der Waals surface area contributed by atoms with Gasteiger partial charge >= 0.3 is 5.97 Å². The summed E-state index contributed by atoms with van der Waals surface area (Å²) < 4.78 is 4.78. The highest BCUT2D eigenvalue weighted by Gasteiger charge is 2.41. The van der Waals surface area contributed by atoms with Gasteiger partial charge in [0.05, 0.1) is 6.61 Å². The van der Waals surface area contributed by atoms with Crippen LogP contribution in [-0.4, -0.2) is 30.1 Å². The van der Waals surface area contributed by atoms with Gasteiger partial charge in [0.15, 0.2) is 6.04 Å². The summed E-state index contributed by atoms with van der Waals surface area (Å²) in [7, 11) is 0. The van der Waals surface area contributed by atoms with Gasteiger partial charge in [0.2, 0.25) is 5.78 Å². The van der Waals surface area contributed by atoms with E-state index in [0.717, 1.165) is 0 Å². The normalized spacial score (nSPS) is 17.6. The molecule has 0 saturated heterocycles. The zero-order valence-electron chi connectivity index (χ0n) is 8.84. The molecular formula is C12H11NO3. The van der Waals surface area contributed by atoms with Gasteiger partial charge in [-0.3, -0.25) is 9.79 Å². The van der Waals surface area contributed by atoms with Crippen LogP contribution >= 0.6 is 0 Å². The number of aliphatic imine (C=N–C) groups is 1. The summed E-state index contributed by atoms with van der Waals surface area (Å²) in [6.45, 7) is 2.02. The van der Waals surface area contributed by atoms with Gasteiger partial charge in [-0.25, -0.2) is 4.79 Å². The molecule has 1 aliphatic rings. The molecule has 0 aliphatic carbocycles. The molecule has 0 N–H and O–H groups in total. The van der Waals surface area contributed by atoms with Crippen LogP contribution in [0.1, 0.15) is 17.3 Å². The van der Waals surface area contributed by atoms with E-state index in [1.807, 2.05) is 6.07 Å². The van der Waals surface area contributed by atoms with Crippen LogP contribution in [0.25, 0.3) is 0 Å². The minimum Gasteiger partial charge on any atom is -0.464 e. The minimum atomic E-state index is -0.673. The molecule has 4 heteroatoms. The molecular weight excluding hydrogens is 206 g/mol. The lowest BCUT2D eigenvalue weighted by Gasteiger charge is -1.98. The van der Waals surface area contributed by atoms with E-state index in [1.165, 1.54) is 0 Å². The Morgan fingerprint density at radius 2 is 2.00 bits per heavy atom. The predicted molar refractivity (Wildman–Crippen MR) is 58.6 cm³/mol. The van der Waals surface area contributed by atoms with Crippen LogP contribution in [0.5, 0.6) is 0 Å². The molecule has 0 unspecified atom stereocenters. The van der Waals surface area contributed by atoms with Crippen LogP contribution in [-0.2, 0) is 9.53 Å². The summed E-state index contributed by atoms with van der Waals surface area (Å²) in [5.74, 6) is -0.638. The number of carbonyl (C=O) groups excluding carboxylic acids is 2. The van der Waals surface area contributed by atoms with E-state index in [0.29, 0.717) is 17.9 Å². The second-order valence-corrected chi connectivity index (χ2v) is 3.36. The number of hydrogen-bond donors (Lipinski definition) is 0. The van der Waals surface area contributed by atoms with Crippen molar-refractivity contribution in [2.75, 3.05) is 6.61 Å². The van der Waals surface area contributed by atoms with Crippen molar-refractivity contribution in [1.29, 1.82) is 0 Å². The van der Waals surface area contributed by atoms with Crippen molar-refractivity contribution in [1.82, 2.24) is 0 Å². The smallest absolute Gasteiger partial charge is 0.337 e. The summed E-state index contributed by atoms with van der Waals surface area (Å²) in [4.78, 5) is 26.9. The molecule has 0 aromatic heterocycles. The van der Waals surface area contributed by atoms with Crippen molar-refractivity contribution < 1.29 is 14.3 Å². The van der Waals surface area contributed by atoms with Crippen molar-refractivity contribution in [3.8, 4) is 0 Å². The molecule has 0 saturated carbocycles. The van der Waals surface area contributed by atoms with Gasteiger partial charge in [0.25, 0.3) is 0 Å². The molecule has 0 radical (unpaired) electrons. The second kappa shape index (κ2) is 4.26. The molecule has 2 rings (SSSR count). The third-order valence-electron chi connectivity index (χ3n) is 2.24. The first-order valence-electron chi connectivity index (χ1n) is 5.08. The van der Waals surface area contributed by atoms with E-state index in [4.69, 9.17) is 4.74 Å². The Morgan fingerprint density at radius 3 is 2.62 bits per heavy atom. The van der Waals surface area contributed by atoms with Crippen LogP contribution < -0.4 is 0 Å². The van der Waals surface area contributed by atoms with E-state index < -0.39 is 12.0 Å². The van der Waals surface area contributed by atoms with Gasteiger partial charge in [-0.1, -0.05) is 30.3 Å². The Labute approximate surface area is 92.9 Å². The first-order valence-corrected chi connectivity index (χ1v) is 5.08. The van der Waals surface area contributed by atoms with Crippen molar-refractivity contribution in [2.45, 2.75) is 13.0 Å². The highest BCUT2D eigenvalue weighted by atomic mass is 16.5. The van der Waals surface area contributed by atoms with Crippen LogP contribution in [0.2, 0.25) is 0 Å². The molecule has 1 aromatic rings. The molecule has 4 nitrogen and oxygen atoms in total. The van der Waals surface area contributed by atoms with Gasteiger partial charge in [-0.2, -0.15) is 0 Å². The molecule has 0 fully saturated rings. The van der Waals surface area contributed by atoms with Crippen LogP contribution in [0.3, 0.4) is 0 Å². The van der Waals surface area contributed by atoms with Gasteiger partial charge < -0.3 is 4.74 Å². The summed E-state index contributed by atoms with van der Waals surface area (Å²) in [5.41, 5.74) is 0.845. The average Bonchev–Trinajstić information content (AvgIpc) is 3.09. The molecule has 16 heavy (non-hydrogen) atoms. The molecule has 1 aliphatic heterocycles. The summed E-state index contributed by atoms with van der Waals surface area (Å²) in [5, 5.41) is 0. The number of carbonyl (C=O) groups is 2.